The van der Waals surface area contributed by atoms with Crippen LogP contribution >= 0.6 is 0 Å². The number of sulfonamides is 1. The summed E-state index contributed by atoms with van der Waals surface area (Å²) >= 11 is 0. The van der Waals surface area contributed by atoms with Crippen molar-refractivity contribution in [3.63, 3.8) is 0 Å². The van der Waals surface area contributed by atoms with Crippen molar-refractivity contribution in [2.24, 2.45) is 0 Å². The van der Waals surface area contributed by atoms with Gasteiger partial charge in [0, 0.05) is 31.1 Å². The quantitative estimate of drug-likeness (QED) is 0.652. The van der Waals surface area contributed by atoms with Crippen LogP contribution in [-0.4, -0.2) is 43.9 Å². The number of fused-ring (bicyclic) bond motifs is 2. The normalized spacial score (nSPS) is 16.1. The molecule has 158 valence electrons. The lowest BCUT2D eigenvalue weighted by Gasteiger charge is -2.20. The van der Waals surface area contributed by atoms with E-state index in [0.717, 1.165) is 22.2 Å². The molecule has 0 aliphatic carbocycles. The summed E-state index contributed by atoms with van der Waals surface area (Å²) in [5, 5.41) is 5.24. The molecule has 0 spiro atoms. The maximum atomic E-state index is 13.0. The predicted molar refractivity (Wildman–Crippen MR) is 115 cm³/mol. The molecule has 4 rings (SSSR count). The maximum Gasteiger partial charge on any atom is 0.261 e. The molecule has 8 nitrogen and oxygen atoms in total. The highest BCUT2D eigenvalue weighted by atomic mass is 32.2. The molecule has 2 heterocycles. The number of carbonyl (C=O) groups is 1. The van der Waals surface area contributed by atoms with Gasteiger partial charge < -0.3 is 9.64 Å². The SMILES string of the molecule is COCCn1ncc2ccc(NS(=O)(=O)c3ccc4c(c3)C[C@@H](C)N4C(C)=O)cc21. The zero-order valence-corrected chi connectivity index (χ0v) is 17.9. The number of ether oxygens (including phenoxy) is 1. The van der Waals surface area contributed by atoms with E-state index in [1.54, 1.807) is 47.2 Å². The van der Waals surface area contributed by atoms with Gasteiger partial charge >= 0.3 is 0 Å². The highest BCUT2D eigenvalue weighted by molar-refractivity contribution is 7.92. The molecule has 0 radical (unpaired) electrons. The van der Waals surface area contributed by atoms with E-state index in [1.165, 1.54) is 13.0 Å². The van der Waals surface area contributed by atoms with E-state index in [0.29, 0.717) is 25.3 Å². The zero-order valence-electron chi connectivity index (χ0n) is 17.1. The van der Waals surface area contributed by atoms with Crippen molar-refractivity contribution in [1.29, 1.82) is 0 Å². The molecule has 1 aliphatic heterocycles. The third-order valence-corrected chi connectivity index (χ3v) is 6.70. The molecular formula is C21H24N4O4S. The number of methoxy groups -OCH3 is 1. The second-order valence-electron chi connectivity index (χ2n) is 7.47. The van der Waals surface area contributed by atoms with E-state index in [-0.39, 0.29) is 16.8 Å². The van der Waals surface area contributed by atoms with Gasteiger partial charge in [-0.05, 0) is 55.3 Å². The highest BCUT2D eigenvalue weighted by Crippen LogP contribution is 2.34. The van der Waals surface area contributed by atoms with Crippen molar-refractivity contribution < 1.29 is 17.9 Å². The number of nitrogens with zero attached hydrogens (tertiary/aromatic N) is 3. The molecule has 9 heteroatoms. The number of nitrogens with one attached hydrogen (secondary N) is 1. The van der Waals surface area contributed by atoms with Crippen LogP contribution < -0.4 is 9.62 Å². The fraction of sp³-hybridized carbons (Fsp3) is 0.333. The molecule has 3 aromatic rings. The summed E-state index contributed by atoms with van der Waals surface area (Å²) in [4.78, 5) is 13.8. The van der Waals surface area contributed by atoms with E-state index in [2.05, 4.69) is 9.82 Å². The number of aromatic nitrogens is 2. The Balaban J connectivity index is 1.62. The summed E-state index contributed by atoms with van der Waals surface area (Å²) in [6.07, 6.45) is 2.37. The fourth-order valence-corrected chi connectivity index (χ4v) is 5.06. The predicted octanol–water partition coefficient (Wildman–Crippen LogP) is 2.78. The second kappa shape index (κ2) is 7.73. The zero-order chi connectivity index (χ0) is 21.5. The molecule has 0 bridgehead atoms. The lowest BCUT2D eigenvalue weighted by molar-refractivity contribution is -0.116. The second-order valence-corrected chi connectivity index (χ2v) is 9.15. The van der Waals surface area contributed by atoms with Gasteiger partial charge in [-0.1, -0.05) is 0 Å². The van der Waals surface area contributed by atoms with Gasteiger partial charge in [0.15, 0.2) is 0 Å². The molecule has 1 N–H and O–H groups in total. The van der Waals surface area contributed by atoms with Crippen molar-refractivity contribution in [2.45, 2.75) is 37.8 Å². The number of anilines is 2. The lowest BCUT2D eigenvalue weighted by atomic mass is 10.1. The molecule has 2 aromatic carbocycles. The molecule has 1 atom stereocenters. The number of carbonyl (C=O) groups excluding carboxylic acids is 1. The molecule has 1 amide bonds. The van der Waals surface area contributed by atoms with Crippen molar-refractivity contribution in [1.82, 2.24) is 9.78 Å². The molecule has 0 fully saturated rings. The first-order valence-corrected chi connectivity index (χ1v) is 11.2. The van der Waals surface area contributed by atoms with Crippen LogP contribution in [0.15, 0.2) is 47.5 Å². The largest absolute Gasteiger partial charge is 0.383 e. The maximum absolute atomic E-state index is 13.0. The van der Waals surface area contributed by atoms with Gasteiger partial charge in [0.05, 0.1) is 35.4 Å². The Bertz CT molecular complexity index is 1220. The Kier molecular flexibility index (Phi) is 5.25. The van der Waals surface area contributed by atoms with E-state index in [1.807, 2.05) is 13.0 Å². The fourth-order valence-electron chi connectivity index (χ4n) is 3.96. The number of hydrogen-bond acceptors (Lipinski definition) is 5. The molecular weight excluding hydrogens is 404 g/mol. The highest BCUT2D eigenvalue weighted by Gasteiger charge is 2.30. The average Bonchev–Trinajstić information content (AvgIpc) is 3.24. The lowest BCUT2D eigenvalue weighted by Crippen LogP contribution is -2.33. The van der Waals surface area contributed by atoms with Crippen LogP contribution in [0.3, 0.4) is 0 Å². The molecule has 1 aliphatic rings. The topological polar surface area (TPSA) is 93.5 Å². The first-order valence-electron chi connectivity index (χ1n) is 9.70. The molecule has 0 saturated carbocycles. The first kappa shape index (κ1) is 20.4. The molecule has 1 aromatic heterocycles. The Hall–Kier alpha value is -2.91. The monoisotopic (exact) mass is 428 g/mol. The minimum atomic E-state index is -3.78. The summed E-state index contributed by atoms with van der Waals surface area (Å²) in [5.74, 6) is -0.0478. The number of rotatable bonds is 6. The van der Waals surface area contributed by atoms with Crippen LogP contribution in [0.25, 0.3) is 10.9 Å². The van der Waals surface area contributed by atoms with Crippen molar-refractivity contribution in [3.05, 3.63) is 48.2 Å². The van der Waals surface area contributed by atoms with E-state index in [9.17, 15) is 13.2 Å². The Labute approximate surface area is 175 Å². The van der Waals surface area contributed by atoms with Gasteiger partial charge in [-0.15, -0.1) is 0 Å². The summed E-state index contributed by atoms with van der Waals surface area (Å²) in [7, 11) is -2.16. The van der Waals surface area contributed by atoms with Crippen LogP contribution in [0, 0.1) is 0 Å². The minimum absolute atomic E-state index is 0.0122. The molecule has 30 heavy (non-hydrogen) atoms. The van der Waals surface area contributed by atoms with Gasteiger partial charge in [0.1, 0.15) is 0 Å². The van der Waals surface area contributed by atoms with Crippen molar-refractivity contribution >= 4 is 38.2 Å². The van der Waals surface area contributed by atoms with E-state index >= 15 is 0 Å². The summed E-state index contributed by atoms with van der Waals surface area (Å²) in [5.41, 5.74) is 2.92. The van der Waals surface area contributed by atoms with E-state index < -0.39 is 10.0 Å². The van der Waals surface area contributed by atoms with Gasteiger partial charge in [-0.3, -0.25) is 14.2 Å². The van der Waals surface area contributed by atoms with Crippen LogP contribution in [0.4, 0.5) is 11.4 Å². The van der Waals surface area contributed by atoms with Gasteiger partial charge in [-0.2, -0.15) is 5.10 Å². The average molecular weight is 429 g/mol. The van der Waals surface area contributed by atoms with E-state index in [4.69, 9.17) is 4.74 Å². The third kappa shape index (κ3) is 3.66. The van der Waals surface area contributed by atoms with Crippen LogP contribution in [0.2, 0.25) is 0 Å². The number of benzene rings is 2. The smallest absolute Gasteiger partial charge is 0.261 e. The van der Waals surface area contributed by atoms with Crippen molar-refractivity contribution in [2.75, 3.05) is 23.3 Å². The van der Waals surface area contributed by atoms with Crippen LogP contribution in [0.5, 0.6) is 0 Å². The molecule has 0 saturated heterocycles. The summed E-state index contributed by atoms with van der Waals surface area (Å²) < 4.78 is 35.5. The standard InChI is InChI=1S/C21H24N4O4S/c1-14-10-17-11-19(6-7-20(17)25(14)15(2)26)30(27,28)23-18-5-4-16-13-22-24(8-9-29-3)21(16)12-18/h4-7,11-14,23H,8-10H2,1-3H3/t14-/m1/s1. The third-order valence-electron chi connectivity index (χ3n) is 5.32. The van der Waals surface area contributed by atoms with Crippen molar-refractivity contribution in [3.8, 4) is 0 Å². The first-order chi connectivity index (χ1) is 14.3. The van der Waals surface area contributed by atoms with Crippen LogP contribution in [0.1, 0.15) is 19.4 Å². The Morgan fingerprint density at radius 1 is 1.27 bits per heavy atom. The van der Waals surface area contributed by atoms with Gasteiger partial charge in [-0.25, -0.2) is 8.42 Å². The summed E-state index contributed by atoms with van der Waals surface area (Å²) in [6.45, 7) is 4.56. The Morgan fingerprint density at radius 2 is 2.07 bits per heavy atom. The Morgan fingerprint density at radius 3 is 2.80 bits per heavy atom. The van der Waals surface area contributed by atoms with Gasteiger partial charge in [0.25, 0.3) is 10.0 Å². The molecule has 0 unspecified atom stereocenters. The number of hydrogen-bond donors (Lipinski definition) is 1. The van der Waals surface area contributed by atoms with Crippen LogP contribution in [-0.2, 0) is 32.5 Å². The van der Waals surface area contributed by atoms with Gasteiger partial charge in [0.2, 0.25) is 5.91 Å². The number of amides is 1. The minimum Gasteiger partial charge on any atom is -0.383 e. The summed E-state index contributed by atoms with van der Waals surface area (Å²) in [6, 6.07) is 10.2.